The van der Waals surface area contributed by atoms with Crippen molar-refractivity contribution >= 4 is 32.8 Å². The lowest BCUT2D eigenvalue weighted by Gasteiger charge is -2.17. The molecule has 0 unspecified atom stereocenters. The zero-order valence-electron chi connectivity index (χ0n) is 16.0. The number of ether oxygens (including phenoxy) is 2. The number of carbonyl (C=O) groups is 1. The van der Waals surface area contributed by atoms with E-state index in [9.17, 15) is 18.0 Å². The number of H-pyrrole nitrogens is 1. The number of nitrogens with one attached hydrogen (secondary N) is 1. The number of unbranched alkanes of at least 4 members (excludes halogenated alkanes) is 1. The second-order valence-electron chi connectivity index (χ2n) is 6.69. The zero-order valence-corrected chi connectivity index (χ0v) is 17.6. The highest BCUT2D eigenvalue weighted by Gasteiger charge is 2.36. The third-order valence-corrected chi connectivity index (χ3v) is 5.03. The number of hydrogen-bond donors (Lipinski definition) is 2. The molecule has 0 spiro atoms. The number of fused-ring (bicyclic) bond motifs is 1. The first kappa shape index (κ1) is 22.0. The van der Waals surface area contributed by atoms with Crippen molar-refractivity contribution in [1.29, 1.82) is 0 Å². The number of rotatable bonds is 8. The highest BCUT2D eigenvalue weighted by molar-refractivity contribution is 9.10. The number of carboxylic acids is 1. The molecule has 0 saturated carbocycles. The van der Waals surface area contributed by atoms with Gasteiger partial charge in [-0.05, 0) is 64.7 Å². The lowest BCUT2D eigenvalue weighted by atomic mass is 10.1. The van der Waals surface area contributed by atoms with Gasteiger partial charge >= 0.3 is 12.1 Å². The third kappa shape index (κ3) is 5.08. The van der Waals surface area contributed by atoms with Gasteiger partial charge in [0, 0.05) is 17.1 Å². The topological polar surface area (TPSA) is 71.5 Å². The van der Waals surface area contributed by atoms with Crippen molar-refractivity contribution in [3.05, 3.63) is 52.1 Å². The van der Waals surface area contributed by atoms with Crippen molar-refractivity contribution in [2.75, 3.05) is 6.61 Å². The van der Waals surface area contributed by atoms with Gasteiger partial charge in [-0.1, -0.05) is 13.3 Å². The molecule has 0 radical (unpaired) electrons. The van der Waals surface area contributed by atoms with E-state index in [0.717, 1.165) is 41.8 Å². The monoisotopic (exact) mass is 485 g/mol. The normalized spacial score (nSPS) is 11.6. The summed E-state index contributed by atoms with van der Waals surface area (Å²) in [5.74, 6) is -1.69. The number of aryl methyl sites for hydroxylation is 1. The number of halogens is 4. The highest BCUT2D eigenvalue weighted by atomic mass is 79.9. The SMILES string of the molecule is CCCCc1c[nH]c2ccc(Oc3c(Br)cc(OCC(=O)O)cc3C(F)(F)F)cc12. The molecule has 0 aliphatic carbocycles. The van der Waals surface area contributed by atoms with E-state index in [1.165, 1.54) is 6.07 Å². The van der Waals surface area contributed by atoms with Crippen LogP contribution in [0.3, 0.4) is 0 Å². The summed E-state index contributed by atoms with van der Waals surface area (Å²) in [5.41, 5.74) is 0.878. The highest BCUT2D eigenvalue weighted by Crippen LogP contribution is 2.45. The van der Waals surface area contributed by atoms with Gasteiger partial charge in [0.15, 0.2) is 12.4 Å². The molecule has 9 heteroatoms. The molecule has 160 valence electrons. The fraction of sp³-hybridized carbons (Fsp3) is 0.286. The smallest absolute Gasteiger partial charge is 0.420 e. The molecule has 2 aromatic carbocycles. The number of hydrogen-bond acceptors (Lipinski definition) is 3. The minimum atomic E-state index is -4.73. The van der Waals surface area contributed by atoms with Gasteiger partial charge in [0.05, 0.1) is 4.47 Å². The fourth-order valence-corrected chi connectivity index (χ4v) is 3.54. The standard InChI is InChI=1S/C21H19BrF3NO4/c1-2-3-4-12-10-26-18-6-5-13(7-15(12)18)30-20-16(21(23,24)25)8-14(9-17(20)22)29-11-19(27)28/h5-10,26H,2-4,11H2,1H3,(H,27,28). The number of benzene rings is 2. The summed E-state index contributed by atoms with van der Waals surface area (Å²) in [6.45, 7) is 1.33. The van der Waals surface area contributed by atoms with Crippen LogP contribution in [-0.4, -0.2) is 22.7 Å². The summed E-state index contributed by atoms with van der Waals surface area (Å²) in [7, 11) is 0. The first-order chi connectivity index (χ1) is 14.2. The first-order valence-electron chi connectivity index (χ1n) is 9.22. The van der Waals surface area contributed by atoms with E-state index >= 15 is 0 Å². The Morgan fingerprint density at radius 3 is 2.63 bits per heavy atom. The van der Waals surface area contributed by atoms with Crippen molar-refractivity contribution in [3.8, 4) is 17.2 Å². The van der Waals surface area contributed by atoms with Gasteiger partial charge in [0.1, 0.15) is 17.1 Å². The van der Waals surface area contributed by atoms with E-state index in [2.05, 4.69) is 27.8 Å². The van der Waals surface area contributed by atoms with Crippen LogP contribution in [0.15, 0.2) is 41.0 Å². The summed E-state index contributed by atoms with van der Waals surface area (Å²) in [5, 5.41) is 9.58. The van der Waals surface area contributed by atoms with Crippen LogP contribution in [0.2, 0.25) is 0 Å². The van der Waals surface area contributed by atoms with Gasteiger partial charge in [0.2, 0.25) is 0 Å². The van der Waals surface area contributed by atoms with Crippen LogP contribution < -0.4 is 9.47 Å². The van der Waals surface area contributed by atoms with Gasteiger partial charge < -0.3 is 19.6 Å². The van der Waals surface area contributed by atoms with Crippen LogP contribution in [0.4, 0.5) is 13.2 Å². The molecular formula is C21H19BrF3NO4. The fourth-order valence-electron chi connectivity index (χ4n) is 3.02. The van der Waals surface area contributed by atoms with Crippen LogP contribution in [0, 0.1) is 0 Å². The van der Waals surface area contributed by atoms with Gasteiger partial charge in [-0.25, -0.2) is 4.79 Å². The Balaban J connectivity index is 1.97. The average Bonchev–Trinajstić information content (AvgIpc) is 3.07. The second kappa shape index (κ2) is 8.99. The molecule has 0 fully saturated rings. The maximum absolute atomic E-state index is 13.6. The molecule has 0 atom stereocenters. The predicted molar refractivity (Wildman–Crippen MR) is 109 cm³/mol. The van der Waals surface area contributed by atoms with E-state index in [4.69, 9.17) is 14.6 Å². The minimum Gasteiger partial charge on any atom is -0.482 e. The number of carboxylic acid groups (broad SMARTS) is 1. The maximum Gasteiger partial charge on any atom is 0.420 e. The van der Waals surface area contributed by atoms with Crippen molar-refractivity contribution < 1.29 is 32.5 Å². The molecule has 1 heterocycles. The van der Waals surface area contributed by atoms with E-state index in [1.807, 2.05) is 6.20 Å². The summed E-state index contributed by atoms with van der Waals surface area (Å²) in [4.78, 5) is 13.8. The lowest BCUT2D eigenvalue weighted by Crippen LogP contribution is -2.12. The van der Waals surface area contributed by atoms with Crippen LogP contribution in [0.5, 0.6) is 17.2 Å². The van der Waals surface area contributed by atoms with E-state index in [-0.39, 0.29) is 16.0 Å². The van der Waals surface area contributed by atoms with Crippen LogP contribution in [-0.2, 0) is 17.4 Å². The molecule has 0 bridgehead atoms. The molecule has 0 aliphatic rings. The molecule has 0 saturated heterocycles. The lowest BCUT2D eigenvalue weighted by molar-refractivity contribution is -0.139. The number of aliphatic carboxylic acids is 1. The Bertz CT molecular complexity index is 1060. The Morgan fingerprint density at radius 2 is 1.97 bits per heavy atom. The van der Waals surface area contributed by atoms with Crippen molar-refractivity contribution in [2.45, 2.75) is 32.4 Å². The Morgan fingerprint density at radius 1 is 1.20 bits per heavy atom. The average molecular weight is 486 g/mol. The van der Waals surface area contributed by atoms with E-state index in [1.54, 1.807) is 18.2 Å². The summed E-state index contributed by atoms with van der Waals surface area (Å²) >= 11 is 3.09. The molecule has 0 aliphatic heterocycles. The first-order valence-corrected chi connectivity index (χ1v) is 10.0. The third-order valence-electron chi connectivity index (χ3n) is 4.44. The predicted octanol–water partition coefficient (Wildman–Crippen LogP) is 6.55. The second-order valence-corrected chi connectivity index (χ2v) is 7.54. The molecule has 2 N–H and O–H groups in total. The Labute approximate surface area is 178 Å². The zero-order chi connectivity index (χ0) is 21.9. The number of aromatic amines is 1. The maximum atomic E-state index is 13.6. The van der Waals surface area contributed by atoms with Gasteiger partial charge in [-0.2, -0.15) is 13.2 Å². The molecular weight excluding hydrogens is 467 g/mol. The quantitative estimate of drug-likeness (QED) is 0.379. The summed E-state index contributed by atoms with van der Waals surface area (Å²) in [6, 6.07) is 7.02. The Kier molecular flexibility index (Phi) is 6.60. The Hall–Kier alpha value is -2.68. The molecule has 1 aromatic heterocycles. The van der Waals surface area contributed by atoms with E-state index in [0.29, 0.717) is 0 Å². The molecule has 3 aromatic rings. The van der Waals surface area contributed by atoms with Crippen LogP contribution >= 0.6 is 15.9 Å². The van der Waals surface area contributed by atoms with Crippen molar-refractivity contribution in [2.24, 2.45) is 0 Å². The summed E-state index contributed by atoms with van der Waals surface area (Å²) < 4.78 is 51.4. The van der Waals surface area contributed by atoms with Gasteiger partial charge in [0.25, 0.3) is 0 Å². The van der Waals surface area contributed by atoms with Crippen molar-refractivity contribution in [3.63, 3.8) is 0 Å². The van der Waals surface area contributed by atoms with E-state index < -0.39 is 30.1 Å². The largest absolute Gasteiger partial charge is 0.482 e. The van der Waals surface area contributed by atoms with Gasteiger partial charge in [-0.15, -0.1) is 0 Å². The van der Waals surface area contributed by atoms with Crippen LogP contribution in [0.1, 0.15) is 30.9 Å². The molecule has 3 rings (SSSR count). The minimum absolute atomic E-state index is 0.00177. The number of alkyl halides is 3. The molecule has 30 heavy (non-hydrogen) atoms. The molecule has 0 amide bonds. The molecule has 5 nitrogen and oxygen atoms in total. The number of aromatic nitrogens is 1. The summed E-state index contributed by atoms with van der Waals surface area (Å²) in [6.07, 6.45) is 0.0500. The van der Waals surface area contributed by atoms with Crippen molar-refractivity contribution in [1.82, 2.24) is 4.98 Å². The van der Waals surface area contributed by atoms with Gasteiger partial charge in [-0.3, -0.25) is 0 Å². The van der Waals surface area contributed by atoms with Crippen LogP contribution in [0.25, 0.3) is 10.9 Å².